The Kier molecular flexibility index (Phi) is 5.15. The van der Waals surface area contributed by atoms with E-state index >= 15 is 0 Å². The van der Waals surface area contributed by atoms with Crippen LogP contribution in [0.4, 0.5) is 0 Å². The van der Waals surface area contributed by atoms with Crippen molar-refractivity contribution in [2.45, 2.75) is 26.3 Å². The van der Waals surface area contributed by atoms with E-state index in [-0.39, 0.29) is 5.56 Å². The minimum atomic E-state index is -1.49. The summed E-state index contributed by atoms with van der Waals surface area (Å²) in [6.07, 6.45) is 0. The van der Waals surface area contributed by atoms with E-state index in [1.807, 2.05) is 60.8 Å². The van der Waals surface area contributed by atoms with Crippen molar-refractivity contribution >= 4 is 27.5 Å². The van der Waals surface area contributed by atoms with Crippen LogP contribution >= 0.6 is 11.3 Å². The third kappa shape index (κ3) is 3.51. The first-order valence-electron chi connectivity index (χ1n) is 9.73. The second-order valence-corrected chi connectivity index (χ2v) is 8.73. The summed E-state index contributed by atoms with van der Waals surface area (Å²) in [5, 5.41) is 12.2. The van der Waals surface area contributed by atoms with Gasteiger partial charge in [0.15, 0.2) is 0 Å². The van der Waals surface area contributed by atoms with Gasteiger partial charge in [-0.3, -0.25) is 9.36 Å². The number of hydrogen-bond donors (Lipinski definition) is 1. The molecule has 7 heteroatoms. The molecule has 4 rings (SSSR count). The number of carboxylic acid groups (broad SMARTS) is 1. The Balaban J connectivity index is 2.07. The fourth-order valence-corrected chi connectivity index (χ4v) is 4.44. The number of benzene rings is 2. The van der Waals surface area contributed by atoms with Gasteiger partial charge in [-0.05, 0) is 38.5 Å². The van der Waals surface area contributed by atoms with Crippen molar-refractivity contribution in [3.8, 4) is 28.3 Å². The first kappa shape index (κ1) is 20.8. The van der Waals surface area contributed by atoms with Crippen LogP contribution in [-0.2, 0) is 10.3 Å². The predicted octanol–water partition coefficient (Wildman–Crippen LogP) is 4.93. The second kappa shape index (κ2) is 7.67. The highest BCUT2D eigenvalue weighted by molar-refractivity contribution is 7.17. The number of carboxylic acids is 1. The van der Waals surface area contributed by atoms with Gasteiger partial charge in [0.1, 0.15) is 21.9 Å². The van der Waals surface area contributed by atoms with E-state index in [9.17, 15) is 14.7 Å². The summed E-state index contributed by atoms with van der Waals surface area (Å²) < 4.78 is 6.61. The molecule has 0 amide bonds. The second-order valence-electron chi connectivity index (χ2n) is 7.87. The first-order valence-corrected chi connectivity index (χ1v) is 10.6. The molecule has 0 saturated heterocycles. The Morgan fingerprint density at radius 3 is 2.48 bits per heavy atom. The van der Waals surface area contributed by atoms with Crippen LogP contribution in [-0.4, -0.2) is 27.7 Å². The molecule has 0 bridgehead atoms. The minimum absolute atomic E-state index is 0.337. The van der Waals surface area contributed by atoms with Gasteiger partial charge in [-0.25, -0.2) is 9.78 Å². The maximum absolute atomic E-state index is 13.8. The zero-order valence-corrected chi connectivity index (χ0v) is 18.5. The van der Waals surface area contributed by atoms with Gasteiger partial charge >= 0.3 is 5.97 Å². The number of aliphatic carboxylic acids is 1. The van der Waals surface area contributed by atoms with Crippen LogP contribution in [0, 0.1) is 6.92 Å². The van der Waals surface area contributed by atoms with Crippen LogP contribution < -0.4 is 10.3 Å². The normalized spacial score (nSPS) is 11.6. The van der Waals surface area contributed by atoms with Crippen molar-refractivity contribution in [1.29, 1.82) is 0 Å². The molecule has 2 heterocycles. The van der Waals surface area contributed by atoms with Gasteiger partial charge in [0.05, 0.1) is 12.5 Å². The zero-order valence-electron chi connectivity index (χ0n) is 17.7. The summed E-state index contributed by atoms with van der Waals surface area (Å²) in [5.74, 6) is -0.0986. The molecule has 0 unspecified atom stereocenters. The Morgan fingerprint density at radius 2 is 1.84 bits per heavy atom. The lowest BCUT2D eigenvalue weighted by Crippen LogP contribution is -2.44. The smallest absolute Gasteiger partial charge is 0.329 e. The van der Waals surface area contributed by atoms with Crippen molar-refractivity contribution in [1.82, 2.24) is 9.55 Å². The number of carbonyl (C=O) groups is 1. The monoisotopic (exact) mass is 434 g/mol. The van der Waals surface area contributed by atoms with Crippen molar-refractivity contribution in [3.05, 3.63) is 69.8 Å². The molecule has 0 spiro atoms. The van der Waals surface area contributed by atoms with Crippen LogP contribution in [0.5, 0.6) is 5.75 Å². The number of aromatic nitrogens is 2. The van der Waals surface area contributed by atoms with Gasteiger partial charge in [0, 0.05) is 16.5 Å². The third-order valence-corrected chi connectivity index (χ3v) is 6.25. The maximum atomic E-state index is 13.8. The van der Waals surface area contributed by atoms with E-state index < -0.39 is 11.5 Å². The molecule has 2 aromatic heterocycles. The third-order valence-electron chi connectivity index (χ3n) is 5.38. The topological polar surface area (TPSA) is 81.4 Å². The van der Waals surface area contributed by atoms with Gasteiger partial charge in [-0.2, -0.15) is 0 Å². The summed E-state index contributed by atoms with van der Waals surface area (Å²) in [5.41, 5.74) is 1.40. The van der Waals surface area contributed by atoms with Gasteiger partial charge < -0.3 is 9.84 Å². The molecule has 0 aliphatic carbocycles. The number of fused-ring (bicyclic) bond motifs is 1. The lowest BCUT2D eigenvalue weighted by Gasteiger charge is -2.25. The molecule has 6 nitrogen and oxygen atoms in total. The SMILES string of the molecule is COc1cccc(-c2csc3nc(-c4ccc(C)cc4)n(C(C)(C)C(=O)O)c(=O)c23)c1. The molecular formula is C24H22N2O4S. The van der Waals surface area contributed by atoms with E-state index in [0.29, 0.717) is 32.9 Å². The van der Waals surface area contributed by atoms with Gasteiger partial charge in [-0.15, -0.1) is 11.3 Å². The summed E-state index contributed by atoms with van der Waals surface area (Å²) >= 11 is 1.36. The fourth-order valence-electron chi connectivity index (χ4n) is 3.50. The van der Waals surface area contributed by atoms with Crippen molar-refractivity contribution in [2.24, 2.45) is 0 Å². The average molecular weight is 435 g/mol. The molecule has 0 atom stereocenters. The molecule has 0 fully saturated rings. The number of hydrogen-bond acceptors (Lipinski definition) is 5. The first-order chi connectivity index (χ1) is 14.7. The van der Waals surface area contributed by atoms with Gasteiger partial charge in [0.25, 0.3) is 5.56 Å². The largest absolute Gasteiger partial charge is 0.497 e. The van der Waals surface area contributed by atoms with Crippen molar-refractivity contribution in [3.63, 3.8) is 0 Å². The zero-order chi connectivity index (χ0) is 22.3. The maximum Gasteiger partial charge on any atom is 0.329 e. The molecule has 4 aromatic rings. The number of thiophene rings is 1. The number of rotatable bonds is 5. The minimum Gasteiger partial charge on any atom is -0.497 e. The summed E-state index contributed by atoms with van der Waals surface area (Å²) in [4.78, 5) is 31.2. The van der Waals surface area contributed by atoms with Crippen molar-refractivity contribution < 1.29 is 14.6 Å². The average Bonchev–Trinajstić information content (AvgIpc) is 3.18. The molecule has 158 valence electrons. The van der Waals surface area contributed by atoms with E-state index in [2.05, 4.69) is 0 Å². The van der Waals surface area contributed by atoms with Crippen molar-refractivity contribution in [2.75, 3.05) is 7.11 Å². The highest BCUT2D eigenvalue weighted by Gasteiger charge is 2.35. The van der Waals surface area contributed by atoms with Crippen LogP contribution in [0.25, 0.3) is 32.7 Å². The summed E-state index contributed by atoms with van der Waals surface area (Å²) in [7, 11) is 1.59. The van der Waals surface area contributed by atoms with E-state index in [1.54, 1.807) is 7.11 Å². The Labute approximate surface area is 183 Å². The summed E-state index contributed by atoms with van der Waals surface area (Å²) in [6, 6.07) is 15.0. The standard InChI is InChI=1S/C24H22N2O4S/c1-14-8-10-15(11-9-14)20-25-21-19(22(27)26(20)24(2,3)23(28)29)18(13-31-21)16-6-5-7-17(12-16)30-4/h5-13H,1-4H3,(H,28,29). The van der Waals surface area contributed by atoms with E-state index in [1.165, 1.54) is 29.8 Å². The number of ether oxygens (including phenoxy) is 1. The van der Waals surface area contributed by atoms with E-state index in [0.717, 1.165) is 11.1 Å². The quantitative estimate of drug-likeness (QED) is 0.482. The predicted molar refractivity (Wildman–Crippen MR) is 123 cm³/mol. The Morgan fingerprint density at radius 1 is 1.13 bits per heavy atom. The Hall–Kier alpha value is -3.45. The van der Waals surface area contributed by atoms with Crippen LogP contribution in [0.2, 0.25) is 0 Å². The Bertz CT molecular complexity index is 1350. The highest BCUT2D eigenvalue weighted by Crippen LogP contribution is 2.35. The van der Waals surface area contributed by atoms with Gasteiger partial charge in [0.2, 0.25) is 0 Å². The fraction of sp³-hybridized carbons (Fsp3) is 0.208. The number of aryl methyl sites for hydroxylation is 1. The number of nitrogens with zero attached hydrogens (tertiary/aromatic N) is 2. The van der Waals surface area contributed by atoms with E-state index in [4.69, 9.17) is 9.72 Å². The molecule has 1 N–H and O–H groups in total. The van der Waals surface area contributed by atoms with Crippen LogP contribution in [0.1, 0.15) is 19.4 Å². The summed E-state index contributed by atoms with van der Waals surface area (Å²) in [6.45, 7) is 4.99. The molecule has 0 saturated carbocycles. The van der Waals surface area contributed by atoms with Crippen LogP contribution in [0.15, 0.2) is 58.7 Å². The molecule has 0 radical (unpaired) electrons. The lowest BCUT2D eigenvalue weighted by molar-refractivity contribution is -0.145. The molecular weight excluding hydrogens is 412 g/mol. The highest BCUT2D eigenvalue weighted by atomic mass is 32.1. The molecule has 2 aromatic carbocycles. The van der Waals surface area contributed by atoms with Gasteiger partial charge in [-0.1, -0.05) is 42.0 Å². The number of methoxy groups -OCH3 is 1. The molecule has 0 aliphatic heterocycles. The molecule has 0 aliphatic rings. The lowest BCUT2D eigenvalue weighted by atomic mass is 10.0. The van der Waals surface area contributed by atoms with Crippen LogP contribution in [0.3, 0.4) is 0 Å². The molecule has 31 heavy (non-hydrogen) atoms.